The van der Waals surface area contributed by atoms with Crippen LogP contribution >= 0.6 is 0 Å². The van der Waals surface area contributed by atoms with Gasteiger partial charge in [0.25, 0.3) is 5.78 Å². The smallest absolute Gasteiger partial charge is 0.376 e. The molecule has 1 aliphatic rings. The Hall–Kier alpha value is -2.46. The first-order chi connectivity index (χ1) is 11.5. The van der Waals surface area contributed by atoms with Gasteiger partial charge in [0.2, 0.25) is 0 Å². The first-order valence-electron chi connectivity index (χ1n) is 8.15. The molecule has 2 aromatic carbocycles. The summed E-state index contributed by atoms with van der Waals surface area (Å²) >= 11 is 0. The van der Waals surface area contributed by atoms with Crippen LogP contribution in [0.25, 0.3) is 11.1 Å². The van der Waals surface area contributed by atoms with Crippen molar-refractivity contribution in [2.45, 2.75) is 25.8 Å². The van der Waals surface area contributed by atoms with Crippen LogP contribution < -0.4 is 5.73 Å². The fraction of sp³-hybridized carbons (Fsp3) is 0.300. The third kappa shape index (κ3) is 2.85. The Bertz CT molecular complexity index is 736. The molecule has 4 heteroatoms. The monoisotopic (exact) mass is 323 g/mol. The standard InChI is InChI=1S/C20H21NO3/c1-12(2)18(21)19(22)20(23)24-11-17-15-9-5-3-7-13(15)14-8-4-6-10-16(14)17/h3-10,12,17-18H,11,21H2,1-2H3/t18-/m0/s1. The molecule has 0 spiro atoms. The van der Waals surface area contributed by atoms with E-state index in [2.05, 4.69) is 12.1 Å². The highest BCUT2D eigenvalue weighted by molar-refractivity contribution is 6.35. The number of Topliss-reactive ketones (excluding diaryl/α,β-unsaturated/α-hetero) is 1. The number of carbonyl (C=O) groups excluding carboxylic acids is 2. The molecule has 0 saturated carbocycles. The van der Waals surface area contributed by atoms with E-state index < -0.39 is 17.8 Å². The van der Waals surface area contributed by atoms with E-state index in [1.807, 2.05) is 36.4 Å². The zero-order valence-corrected chi connectivity index (χ0v) is 13.9. The van der Waals surface area contributed by atoms with Crippen LogP contribution in [0.15, 0.2) is 48.5 Å². The van der Waals surface area contributed by atoms with E-state index in [9.17, 15) is 9.59 Å². The van der Waals surface area contributed by atoms with Crippen LogP contribution in [0, 0.1) is 5.92 Å². The Morgan fingerprint density at radius 3 is 2.00 bits per heavy atom. The van der Waals surface area contributed by atoms with E-state index in [0.717, 1.165) is 22.3 Å². The van der Waals surface area contributed by atoms with E-state index in [1.165, 1.54) is 0 Å². The summed E-state index contributed by atoms with van der Waals surface area (Å²) in [5.74, 6) is -1.66. The highest BCUT2D eigenvalue weighted by Crippen LogP contribution is 2.44. The van der Waals surface area contributed by atoms with Crippen LogP contribution in [0.4, 0.5) is 0 Å². The summed E-state index contributed by atoms with van der Waals surface area (Å²) in [4.78, 5) is 24.0. The van der Waals surface area contributed by atoms with Crippen molar-refractivity contribution in [1.29, 1.82) is 0 Å². The highest BCUT2D eigenvalue weighted by Gasteiger charge is 2.31. The summed E-state index contributed by atoms with van der Waals surface area (Å²) in [5.41, 5.74) is 10.3. The number of esters is 1. The lowest BCUT2D eigenvalue weighted by Gasteiger charge is -2.16. The number of hydrogen-bond acceptors (Lipinski definition) is 4. The van der Waals surface area contributed by atoms with Crippen LogP contribution in [0.3, 0.4) is 0 Å². The van der Waals surface area contributed by atoms with Gasteiger partial charge >= 0.3 is 5.97 Å². The van der Waals surface area contributed by atoms with Crippen molar-refractivity contribution in [1.82, 2.24) is 0 Å². The predicted octanol–water partition coefficient (Wildman–Crippen LogP) is 2.89. The molecular weight excluding hydrogens is 302 g/mol. The zero-order chi connectivity index (χ0) is 17.3. The molecule has 0 bridgehead atoms. The third-order valence-corrected chi connectivity index (χ3v) is 4.57. The Kier molecular flexibility index (Phi) is 4.49. The second kappa shape index (κ2) is 6.57. The van der Waals surface area contributed by atoms with Gasteiger partial charge in [0.1, 0.15) is 6.61 Å². The van der Waals surface area contributed by atoms with Gasteiger partial charge in [0.05, 0.1) is 6.04 Å². The average molecular weight is 323 g/mol. The van der Waals surface area contributed by atoms with Crippen molar-refractivity contribution in [3.05, 3.63) is 59.7 Å². The van der Waals surface area contributed by atoms with Crippen molar-refractivity contribution >= 4 is 11.8 Å². The fourth-order valence-corrected chi connectivity index (χ4v) is 3.11. The lowest BCUT2D eigenvalue weighted by molar-refractivity contribution is -0.155. The molecule has 0 saturated heterocycles. The van der Waals surface area contributed by atoms with Crippen molar-refractivity contribution < 1.29 is 14.3 Å². The molecule has 2 N–H and O–H groups in total. The molecule has 2 aromatic rings. The van der Waals surface area contributed by atoms with E-state index in [0.29, 0.717) is 0 Å². The maximum Gasteiger partial charge on any atom is 0.376 e. The van der Waals surface area contributed by atoms with Gasteiger partial charge in [0, 0.05) is 5.92 Å². The van der Waals surface area contributed by atoms with Crippen molar-refractivity contribution in [3.63, 3.8) is 0 Å². The molecule has 0 aliphatic heterocycles. The van der Waals surface area contributed by atoms with Gasteiger partial charge in [-0.1, -0.05) is 62.4 Å². The maximum absolute atomic E-state index is 12.0. The number of carbonyl (C=O) groups is 2. The lowest BCUT2D eigenvalue weighted by Crippen LogP contribution is -2.41. The fourth-order valence-electron chi connectivity index (χ4n) is 3.11. The minimum absolute atomic E-state index is 0.0515. The molecule has 0 fully saturated rings. The lowest BCUT2D eigenvalue weighted by atomic mass is 9.98. The topological polar surface area (TPSA) is 69.4 Å². The number of benzene rings is 2. The predicted molar refractivity (Wildman–Crippen MR) is 92.5 cm³/mol. The molecule has 0 heterocycles. The first-order valence-corrected chi connectivity index (χ1v) is 8.15. The molecule has 1 aliphatic carbocycles. The van der Waals surface area contributed by atoms with Crippen LogP contribution in [-0.2, 0) is 14.3 Å². The molecule has 0 radical (unpaired) electrons. The van der Waals surface area contributed by atoms with Gasteiger partial charge in [-0.25, -0.2) is 4.79 Å². The molecule has 0 amide bonds. The van der Waals surface area contributed by atoms with Crippen LogP contribution in [0.2, 0.25) is 0 Å². The summed E-state index contributed by atoms with van der Waals surface area (Å²) in [6.07, 6.45) is 0. The molecule has 1 atom stereocenters. The number of hydrogen-bond donors (Lipinski definition) is 1. The van der Waals surface area contributed by atoms with Crippen molar-refractivity contribution in [2.75, 3.05) is 6.61 Å². The Morgan fingerprint density at radius 1 is 1.00 bits per heavy atom. The quantitative estimate of drug-likeness (QED) is 0.678. The van der Waals surface area contributed by atoms with Crippen LogP contribution in [0.1, 0.15) is 30.9 Å². The van der Waals surface area contributed by atoms with Gasteiger partial charge in [-0.15, -0.1) is 0 Å². The summed E-state index contributed by atoms with van der Waals surface area (Å²) in [7, 11) is 0. The van der Waals surface area contributed by atoms with Crippen molar-refractivity contribution in [3.8, 4) is 11.1 Å². The van der Waals surface area contributed by atoms with E-state index in [4.69, 9.17) is 10.5 Å². The minimum atomic E-state index is -0.849. The molecule has 124 valence electrons. The first kappa shape index (κ1) is 16.4. The number of ketones is 1. The number of nitrogens with two attached hydrogens (primary N) is 1. The Morgan fingerprint density at radius 2 is 1.50 bits per heavy atom. The van der Waals surface area contributed by atoms with Crippen molar-refractivity contribution in [2.24, 2.45) is 11.7 Å². The third-order valence-electron chi connectivity index (χ3n) is 4.57. The number of ether oxygens (including phenoxy) is 1. The average Bonchev–Trinajstić information content (AvgIpc) is 2.92. The Balaban J connectivity index is 1.79. The number of rotatable bonds is 5. The van der Waals surface area contributed by atoms with Crippen LogP contribution in [0.5, 0.6) is 0 Å². The van der Waals surface area contributed by atoms with Gasteiger partial charge in [-0.3, -0.25) is 4.79 Å². The zero-order valence-electron chi connectivity index (χ0n) is 13.9. The summed E-state index contributed by atoms with van der Waals surface area (Å²) in [6.45, 7) is 3.75. The number of fused-ring (bicyclic) bond motifs is 3. The molecule has 4 nitrogen and oxygen atoms in total. The van der Waals surface area contributed by atoms with Gasteiger partial charge in [0.15, 0.2) is 0 Å². The van der Waals surface area contributed by atoms with E-state index in [-0.39, 0.29) is 18.4 Å². The Labute approximate surface area is 141 Å². The van der Waals surface area contributed by atoms with Gasteiger partial charge < -0.3 is 10.5 Å². The van der Waals surface area contributed by atoms with E-state index >= 15 is 0 Å². The largest absolute Gasteiger partial charge is 0.459 e. The molecule has 0 aromatic heterocycles. The summed E-state index contributed by atoms with van der Waals surface area (Å²) in [6, 6.07) is 15.3. The highest BCUT2D eigenvalue weighted by atomic mass is 16.5. The van der Waals surface area contributed by atoms with E-state index in [1.54, 1.807) is 13.8 Å². The minimum Gasteiger partial charge on any atom is -0.459 e. The summed E-state index contributed by atoms with van der Waals surface area (Å²) in [5, 5.41) is 0. The van der Waals surface area contributed by atoms with Crippen LogP contribution in [-0.4, -0.2) is 24.4 Å². The maximum atomic E-state index is 12.0. The molecular formula is C20H21NO3. The molecule has 24 heavy (non-hydrogen) atoms. The SMILES string of the molecule is CC(C)[C@H](N)C(=O)C(=O)OCC1c2ccccc2-c2ccccc21. The second-order valence-electron chi connectivity index (χ2n) is 6.46. The van der Waals surface area contributed by atoms with Gasteiger partial charge in [-0.2, -0.15) is 0 Å². The summed E-state index contributed by atoms with van der Waals surface area (Å²) < 4.78 is 5.30. The van der Waals surface area contributed by atoms with Gasteiger partial charge in [-0.05, 0) is 28.2 Å². The molecule has 0 unspecified atom stereocenters. The normalized spacial score (nSPS) is 14.2. The second-order valence-corrected chi connectivity index (χ2v) is 6.46. The molecule has 3 rings (SSSR count).